The highest BCUT2D eigenvalue weighted by atomic mass is 32.2. The second-order valence-electron chi connectivity index (χ2n) is 5.04. The largest absolute Gasteiger partial charge is 0.497 e. The molecule has 0 amide bonds. The van der Waals surface area contributed by atoms with Gasteiger partial charge in [-0.05, 0) is 44.2 Å². The molecule has 3 atom stereocenters. The molecule has 1 aromatic rings. The predicted octanol–water partition coefficient (Wildman–Crippen LogP) is 2.72. The van der Waals surface area contributed by atoms with Crippen LogP contribution in [0, 0.1) is 0 Å². The smallest absolute Gasteiger partial charge is 0.118 e. The van der Waals surface area contributed by atoms with Gasteiger partial charge in [0.1, 0.15) is 5.75 Å². The highest BCUT2D eigenvalue weighted by molar-refractivity contribution is 7.85. The van der Waals surface area contributed by atoms with Gasteiger partial charge in [-0.25, -0.2) is 0 Å². The Morgan fingerprint density at radius 3 is 2.47 bits per heavy atom. The van der Waals surface area contributed by atoms with E-state index in [2.05, 4.69) is 5.32 Å². The summed E-state index contributed by atoms with van der Waals surface area (Å²) in [7, 11) is 2.69. The standard InChI is InChI=1S/C15H23NO2S/c1-16-14-6-4-3-5-7-15(14)19(17)13-10-8-12(18-2)9-11-13/h8-11,14-16H,3-7H2,1-2H3. The molecule has 1 aliphatic rings. The van der Waals surface area contributed by atoms with Crippen molar-refractivity contribution in [3.05, 3.63) is 24.3 Å². The molecule has 3 unspecified atom stereocenters. The van der Waals surface area contributed by atoms with E-state index in [-0.39, 0.29) is 5.25 Å². The molecule has 1 N–H and O–H groups in total. The van der Waals surface area contributed by atoms with Gasteiger partial charge in [0.2, 0.25) is 0 Å². The average Bonchev–Trinajstić information content (AvgIpc) is 2.71. The third kappa shape index (κ3) is 3.57. The SMILES string of the molecule is CNC1CCCCCC1S(=O)c1ccc(OC)cc1. The Hall–Kier alpha value is -0.870. The average molecular weight is 281 g/mol. The van der Waals surface area contributed by atoms with Gasteiger partial charge >= 0.3 is 0 Å². The van der Waals surface area contributed by atoms with E-state index in [1.165, 1.54) is 19.3 Å². The van der Waals surface area contributed by atoms with Crippen LogP contribution >= 0.6 is 0 Å². The summed E-state index contributed by atoms with van der Waals surface area (Å²) in [6.07, 6.45) is 5.86. The van der Waals surface area contributed by atoms with E-state index in [1.807, 2.05) is 31.3 Å². The zero-order valence-corrected chi connectivity index (χ0v) is 12.5. The van der Waals surface area contributed by atoms with Crippen molar-refractivity contribution in [2.75, 3.05) is 14.2 Å². The number of hydrogen-bond acceptors (Lipinski definition) is 3. The third-order valence-electron chi connectivity index (χ3n) is 3.89. The van der Waals surface area contributed by atoms with Gasteiger partial charge < -0.3 is 10.1 Å². The molecule has 1 aromatic carbocycles. The summed E-state index contributed by atoms with van der Waals surface area (Å²) in [6, 6.07) is 7.99. The monoisotopic (exact) mass is 281 g/mol. The predicted molar refractivity (Wildman–Crippen MR) is 79.1 cm³/mol. The Morgan fingerprint density at radius 1 is 1.16 bits per heavy atom. The van der Waals surface area contributed by atoms with Crippen molar-refractivity contribution in [2.24, 2.45) is 0 Å². The van der Waals surface area contributed by atoms with E-state index < -0.39 is 10.8 Å². The Labute approximate surface area is 118 Å². The summed E-state index contributed by atoms with van der Waals surface area (Å²) in [5.74, 6) is 0.812. The summed E-state index contributed by atoms with van der Waals surface area (Å²) in [5.41, 5.74) is 0. The highest BCUT2D eigenvalue weighted by Gasteiger charge is 2.28. The molecule has 1 saturated carbocycles. The van der Waals surface area contributed by atoms with E-state index in [4.69, 9.17) is 4.74 Å². The molecule has 0 aromatic heterocycles. The van der Waals surface area contributed by atoms with Crippen LogP contribution in [0.15, 0.2) is 29.2 Å². The molecule has 0 heterocycles. The summed E-state index contributed by atoms with van der Waals surface area (Å²) in [5, 5.41) is 3.57. The maximum absolute atomic E-state index is 12.8. The highest BCUT2D eigenvalue weighted by Crippen LogP contribution is 2.26. The Bertz CT molecular complexity index is 419. The zero-order valence-electron chi connectivity index (χ0n) is 11.7. The van der Waals surface area contributed by atoms with Gasteiger partial charge in [-0.2, -0.15) is 0 Å². The Kier molecular flexibility index (Phi) is 5.40. The molecule has 0 saturated heterocycles. The van der Waals surface area contributed by atoms with Crippen LogP contribution in [0.4, 0.5) is 0 Å². The van der Waals surface area contributed by atoms with Crippen LogP contribution in [-0.2, 0) is 10.8 Å². The number of methoxy groups -OCH3 is 1. The molecule has 0 radical (unpaired) electrons. The first-order valence-corrected chi connectivity index (χ1v) is 8.19. The summed E-state index contributed by atoms with van der Waals surface area (Å²) < 4.78 is 17.9. The maximum atomic E-state index is 12.8. The van der Waals surface area contributed by atoms with Crippen molar-refractivity contribution in [3.8, 4) is 5.75 Å². The molecule has 0 spiro atoms. The van der Waals surface area contributed by atoms with E-state index in [9.17, 15) is 4.21 Å². The second kappa shape index (κ2) is 7.06. The van der Waals surface area contributed by atoms with Gasteiger partial charge in [0.25, 0.3) is 0 Å². The van der Waals surface area contributed by atoms with Crippen molar-refractivity contribution >= 4 is 10.8 Å². The van der Waals surface area contributed by atoms with Crippen LogP contribution in [0.3, 0.4) is 0 Å². The fourth-order valence-corrected chi connectivity index (χ4v) is 4.45. The van der Waals surface area contributed by atoms with Crippen LogP contribution in [0.5, 0.6) is 5.75 Å². The van der Waals surface area contributed by atoms with Crippen molar-refractivity contribution in [3.63, 3.8) is 0 Å². The van der Waals surface area contributed by atoms with E-state index in [0.29, 0.717) is 6.04 Å². The lowest BCUT2D eigenvalue weighted by Gasteiger charge is -2.24. The lowest BCUT2D eigenvalue weighted by molar-refractivity contribution is 0.414. The molecule has 19 heavy (non-hydrogen) atoms. The number of hydrogen-bond donors (Lipinski definition) is 1. The van der Waals surface area contributed by atoms with Gasteiger partial charge in [0.05, 0.1) is 23.2 Å². The fraction of sp³-hybridized carbons (Fsp3) is 0.600. The van der Waals surface area contributed by atoms with Gasteiger partial charge in [-0.15, -0.1) is 0 Å². The van der Waals surface area contributed by atoms with E-state index in [0.717, 1.165) is 23.5 Å². The molecule has 3 nitrogen and oxygen atoms in total. The number of ether oxygens (including phenoxy) is 1. The summed E-state index contributed by atoms with van der Waals surface area (Å²) >= 11 is 0. The summed E-state index contributed by atoms with van der Waals surface area (Å²) in [4.78, 5) is 0.910. The van der Waals surface area contributed by atoms with Crippen molar-refractivity contribution < 1.29 is 8.95 Å². The topological polar surface area (TPSA) is 38.3 Å². The summed E-state index contributed by atoms with van der Waals surface area (Å²) in [6.45, 7) is 0. The maximum Gasteiger partial charge on any atom is 0.118 e. The first kappa shape index (κ1) is 14.5. The Balaban J connectivity index is 2.15. The third-order valence-corrected chi connectivity index (χ3v) is 5.74. The van der Waals surface area contributed by atoms with Crippen LogP contribution in [0.2, 0.25) is 0 Å². The van der Waals surface area contributed by atoms with Gasteiger partial charge in [-0.3, -0.25) is 4.21 Å². The minimum absolute atomic E-state index is 0.223. The Morgan fingerprint density at radius 2 is 1.84 bits per heavy atom. The van der Waals surface area contributed by atoms with Crippen LogP contribution < -0.4 is 10.1 Å². The van der Waals surface area contributed by atoms with Gasteiger partial charge in [-0.1, -0.05) is 19.3 Å². The molecule has 0 aliphatic heterocycles. The van der Waals surface area contributed by atoms with Gasteiger partial charge in [0.15, 0.2) is 0 Å². The minimum Gasteiger partial charge on any atom is -0.497 e. The van der Waals surface area contributed by atoms with Gasteiger partial charge in [0, 0.05) is 10.9 Å². The van der Waals surface area contributed by atoms with E-state index >= 15 is 0 Å². The van der Waals surface area contributed by atoms with Crippen molar-refractivity contribution in [1.29, 1.82) is 0 Å². The fourth-order valence-electron chi connectivity index (χ4n) is 2.74. The first-order valence-electron chi connectivity index (χ1n) is 6.98. The van der Waals surface area contributed by atoms with E-state index in [1.54, 1.807) is 7.11 Å². The van der Waals surface area contributed by atoms with Crippen molar-refractivity contribution in [2.45, 2.75) is 48.3 Å². The first-order chi connectivity index (χ1) is 9.26. The van der Waals surface area contributed by atoms with Crippen LogP contribution in [0.1, 0.15) is 32.1 Å². The molecular weight excluding hydrogens is 258 g/mol. The number of rotatable bonds is 4. The molecule has 1 fully saturated rings. The zero-order chi connectivity index (χ0) is 13.7. The molecule has 2 rings (SSSR count). The number of nitrogens with one attached hydrogen (secondary N) is 1. The van der Waals surface area contributed by atoms with Crippen LogP contribution in [0.25, 0.3) is 0 Å². The second-order valence-corrected chi connectivity index (χ2v) is 6.72. The number of benzene rings is 1. The molecule has 4 heteroatoms. The quantitative estimate of drug-likeness (QED) is 0.862. The van der Waals surface area contributed by atoms with Crippen LogP contribution in [-0.4, -0.2) is 29.7 Å². The molecule has 106 valence electrons. The lowest BCUT2D eigenvalue weighted by Crippen LogP contribution is -2.39. The molecule has 0 bridgehead atoms. The lowest BCUT2D eigenvalue weighted by atomic mass is 10.1. The molecule has 1 aliphatic carbocycles. The molecular formula is C15H23NO2S. The minimum atomic E-state index is -0.939. The normalized spacial score (nSPS) is 25.6. The van der Waals surface area contributed by atoms with Crippen molar-refractivity contribution in [1.82, 2.24) is 5.32 Å².